The summed E-state index contributed by atoms with van der Waals surface area (Å²) in [7, 11) is 0. The molecule has 0 unspecified atom stereocenters. The molecule has 0 radical (unpaired) electrons. The van der Waals surface area contributed by atoms with Gasteiger partial charge in [-0.3, -0.25) is 0 Å². The van der Waals surface area contributed by atoms with Gasteiger partial charge >= 0.3 is 5.97 Å². The Hall–Kier alpha value is -2.91. The molecule has 0 aromatic heterocycles. The number of fused-ring (bicyclic) bond motifs is 1. The average molecular weight is 520 g/mol. The normalized spacial score (nSPS) is 15.2. The molecule has 2 aliphatic rings. The smallest absolute Gasteiger partial charge is 0.340 e. The Labute approximate surface area is 199 Å². The van der Waals surface area contributed by atoms with Crippen LogP contribution in [-0.2, 0) is 16.1 Å². The highest BCUT2D eigenvalue weighted by molar-refractivity contribution is 9.10. The van der Waals surface area contributed by atoms with Crippen LogP contribution in [0.3, 0.4) is 0 Å². The lowest BCUT2D eigenvalue weighted by atomic mass is 9.89. The highest BCUT2D eigenvalue weighted by Crippen LogP contribution is 2.51. The van der Waals surface area contributed by atoms with Crippen LogP contribution >= 0.6 is 15.9 Å². The van der Waals surface area contributed by atoms with Gasteiger partial charge in [0.15, 0.2) is 5.82 Å². The summed E-state index contributed by atoms with van der Waals surface area (Å²) in [5, 5.41) is 9.94. The maximum Gasteiger partial charge on any atom is 0.340 e. The Balaban J connectivity index is 2.05. The number of aliphatic hydroxyl groups excluding tert-OH is 1. The van der Waals surface area contributed by atoms with Crippen LogP contribution in [0.1, 0.15) is 30.0 Å². The zero-order valence-corrected chi connectivity index (χ0v) is 19.9. The number of aliphatic hydroxyl groups is 1. The van der Waals surface area contributed by atoms with Gasteiger partial charge in [0.1, 0.15) is 5.82 Å². The van der Waals surface area contributed by atoms with E-state index in [9.17, 15) is 14.3 Å². The monoisotopic (exact) mass is 519 g/mol. The topological polar surface area (TPSA) is 79.0 Å². The quantitative estimate of drug-likeness (QED) is 0.430. The maximum absolute atomic E-state index is 15.6. The first-order valence-electron chi connectivity index (χ1n) is 10.5. The average Bonchev–Trinajstić information content (AvgIpc) is 2.75. The van der Waals surface area contributed by atoms with Gasteiger partial charge in [0.25, 0.3) is 0 Å². The molecule has 2 heterocycles. The number of halogens is 3. The van der Waals surface area contributed by atoms with E-state index in [1.165, 1.54) is 12.3 Å². The number of rotatable bonds is 5. The Kier molecular flexibility index (Phi) is 6.20. The maximum atomic E-state index is 15.6. The first kappa shape index (κ1) is 23.3. The van der Waals surface area contributed by atoms with Crippen LogP contribution in [0.25, 0.3) is 5.57 Å². The third-order valence-corrected chi connectivity index (χ3v) is 6.73. The van der Waals surface area contributed by atoms with Gasteiger partial charge in [0, 0.05) is 36.0 Å². The van der Waals surface area contributed by atoms with Crippen LogP contribution in [0.15, 0.2) is 35.0 Å². The van der Waals surface area contributed by atoms with Crippen molar-refractivity contribution >= 4 is 50.2 Å². The number of esters is 1. The molecule has 6 nitrogen and oxygen atoms in total. The van der Waals surface area contributed by atoms with Crippen LogP contribution in [0.4, 0.5) is 31.5 Å². The molecule has 3 N–H and O–H groups in total. The molecule has 0 bridgehead atoms. The number of nitrogen functional groups attached to an aromatic ring is 1. The van der Waals surface area contributed by atoms with Gasteiger partial charge in [-0.1, -0.05) is 6.58 Å². The summed E-state index contributed by atoms with van der Waals surface area (Å²) in [4.78, 5) is 16.3. The predicted molar refractivity (Wildman–Crippen MR) is 128 cm³/mol. The van der Waals surface area contributed by atoms with Gasteiger partial charge in [0.2, 0.25) is 0 Å². The van der Waals surface area contributed by atoms with E-state index in [0.29, 0.717) is 33.8 Å². The first-order valence-corrected chi connectivity index (χ1v) is 11.3. The van der Waals surface area contributed by atoms with Crippen molar-refractivity contribution in [1.29, 1.82) is 0 Å². The van der Waals surface area contributed by atoms with Crippen molar-refractivity contribution in [2.75, 3.05) is 35.2 Å². The summed E-state index contributed by atoms with van der Waals surface area (Å²) in [5.74, 6) is -1.74. The fourth-order valence-electron chi connectivity index (χ4n) is 4.23. The fraction of sp³-hybridized carbons (Fsp3) is 0.292. The Bertz CT molecular complexity index is 1210. The van der Waals surface area contributed by atoms with E-state index in [4.69, 9.17) is 10.5 Å². The minimum Gasteiger partial charge on any atom is -0.462 e. The first-order chi connectivity index (χ1) is 15.7. The molecule has 1 saturated heterocycles. The number of anilines is 4. The molecule has 33 heavy (non-hydrogen) atoms. The highest BCUT2D eigenvalue weighted by atomic mass is 79.9. The molecule has 9 heteroatoms. The minimum absolute atomic E-state index is 0.118. The van der Waals surface area contributed by atoms with E-state index in [2.05, 4.69) is 22.5 Å². The lowest BCUT2D eigenvalue weighted by Gasteiger charge is -2.39. The van der Waals surface area contributed by atoms with Gasteiger partial charge < -0.3 is 25.4 Å². The third-order valence-electron chi connectivity index (χ3n) is 5.99. The SMILES string of the molecule is C=C1C(C(=O)OCC)=CN(c2cc(N)c(F)cc2CO)c2c(C)c(N3CCC3)c(F)c(Br)c21. The molecule has 1 fully saturated rings. The summed E-state index contributed by atoms with van der Waals surface area (Å²) < 4.78 is 35.1. The molecule has 0 spiro atoms. The zero-order chi connectivity index (χ0) is 24.0. The van der Waals surface area contributed by atoms with Crippen LogP contribution in [-0.4, -0.2) is 30.8 Å². The molecule has 0 saturated carbocycles. The standard InChI is InChI=1S/C24H24BrF2N3O3/c1-4-33-24(32)15-10-30(18-9-17(28)16(26)8-14(18)11-31)22-13(3)23(29-6-5-7-29)21(27)20(25)19(22)12(15)2/h8-10,31H,2,4-7,11,28H2,1,3H3. The van der Waals surface area contributed by atoms with E-state index in [1.807, 2.05) is 4.90 Å². The van der Waals surface area contributed by atoms with Crippen molar-refractivity contribution in [3.63, 3.8) is 0 Å². The number of carbonyl (C=O) groups excluding carboxylic acids is 1. The number of carbonyl (C=O) groups is 1. The van der Waals surface area contributed by atoms with Crippen LogP contribution < -0.4 is 15.5 Å². The van der Waals surface area contributed by atoms with Crippen molar-refractivity contribution < 1.29 is 23.4 Å². The van der Waals surface area contributed by atoms with Gasteiger partial charge in [-0.15, -0.1) is 0 Å². The van der Waals surface area contributed by atoms with Crippen LogP contribution in [0.2, 0.25) is 0 Å². The van der Waals surface area contributed by atoms with Crippen LogP contribution in [0.5, 0.6) is 0 Å². The molecule has 0 amide bonds. The summed E-state index contributed by atoms with van der Waals surface area (Å²) in [6, 6.07) is 2.54. The third kappa shape index (κ3) is 3.69. The predicted octanol–water partition coefficient (Wildman–Crippen LogP) is 4.93. The molecular weight excluding hydrogens is 496 g/mol. The zero-order valence-electron chi connectivity index (χ0n) is 18.3. The summed E-state index contributed by atoms with van der Waals surface area (Å²) in [6.07, 6.45) is 2.48. The number of hydrogen-bond acceptors (Lipinski definition) is 6. The van der Waals surface area contributed by atoms with Gasteiger partial charge in [-0.05, 0) is 53.9 Å². The summed E-state index contributed by atoms with van der Waals surface area (Å²) in [5.41, 5.74) is 8.76. The number of nitrogens with two attached hydrogens (primary N) is 1. The van der Waals surface area contributed by atoms with E-state index in [0.717, 1.165) is 25.6 Å². The molecule has 0 aliphatic carbocycles. The van der Waals surface area contributed by atoms with E-state index < -0.39 is 24.2 Å². The second-order valence-corrected chi connectivity index (χ2v) is 8.73. The summed E-state index contributed by atoms with van der Waals surface area (Å²) in [6.45, 7) is 8.64. The Morgan fingerprint density at radius 2 is 2.00 bits per heavy atom. The Morgan fingerprint density at radius 1 is 1.30 bits per heavy atom. The van der Waals surface area contributed by atoms with Gasteiger partial charge in [0.05, 0.1) is 46.0 Å². The van der Waals surface area contributed by atoms with E-state index in [-0.39, 0.29) is 27.9 Å². The van der Waals surface area contributed by atoms with Crippen molar-refractivity contribution in [3.05, 3.63) is 63.3 Å². The van der Waals surface area contributed by atoms with Crippen LogP contribution in [0, 0.1) is 18.6 Å². The number of ether oxygens (including phenoxy) is 1. The summed E-state index contributed by atoms with van der Waals surface area (Å²) >= 11 is 3.39. The fourth-order valence-corrected chi connectivity index (χ4v) is 4.84. The van der Waals surface area contributed by atoms with Crippen molar-refractivity contribution in [2.24, 2.45) is 0 Å². The number of hydrogen-bond donors (Lipinski definition) is 2. The Morgan fingerprint density at radius 3 is 2.58 bits per heavy atom. The number of nitrogens with zero attached hydrogens (tertiary/aromatic N) is 2. The van der Waals surface area contributed by atoms with E-state index >= 15 is 4.39 Å². The van der Waals surface area contributed by atoms with Crippen molar-refractivity contribution in [3.8, 4) is 0 Å². The largest absolute Gasteiger partial charge is 0.462 e. The highest BCUT2D eigenvalue weighted by Gasteiger charge is 2.36. The van der Waals surface area contributed by atoms with Crippen molar-refractivity contribution in [2.45, 2.75) is 26.9 Å². The van der Waals surface area contributed by atoms with E-state index in [1.54, 1.807) is 18.7 Å². The molecule has 0 atom stereocenters. The molecule has 174 valence electrons. The molecule has 2 aromatic carbocycles. The lowest BCUT2D eigenvalue weighted by molar-refractivity contribution is -0.138. The second-order valence-electron chi connectivity index (χ2n) is 7.94. The van der Waals surface area contributed by atoms with Crippen molar-refractivity contribution in [1.82, 2.24) is 0 Å². The minimum atomic E-state index is -0.669. The molecule has 2 aromatic rings. The number of benzene rings is 2. The second kappa shape index (κ2) is 8.79. The van der Waals surface area contributed by atoms with Gasteiger partial charge in [-0.25, -0.2) is 13.6 Å². The molecule has 2 aliphatic heterocycles. The molecule has 4 rings (SSSR count). The molecular formula is C24H24BrF2N3O3. The van der Waals surface area contributed by atoms with Gasteiger partial charge in [-0.2, -0.15) is 0 Å². The lowest BCUT2D eigenvalue weighted by Crippen LogP contribution is -2.38.